The molecule has 1 amide bonds. The first kappa shape index (κ1) is 22.6. The molecule has 0 bridgehead atoms. The average molecular weight is 460 g/mol. The van der Waals surface area contributed by atoms with Crippen molar-refractivity contribution in [2.24, 2.45) is 0 Å². The number of ether oxygens (including phenoxy) is 2. The molecule has 6 heteroatoms. The van der Waals surface area contributed by atoms with E-state index in [-0.39, 0.29) is 5.91 Å². The van der Waals surface area contributed by atoms with E-state index in [1.807, 2.05) is 73.8 Å². The summed E-state index contributed by atoms with van der Waals surface area (Å²) < 4.78 is 17.0. The van der Waals surface area contributed by atoms with Crippen molar-refractivity contribution in [1.29, 1.82) is 0 Å². The Balaban J connectivity index is 1.72. The minimum atomic E-state index is -0.204. The van der Waals surface area contributed by atoms with E-state index in [1.54, 1.807) is 38.3 Å². The number of benzene rings is 3. The van der Waals surface area contributed by atoms with Crippen LogP contribution in [-0.2, 0) is 4.79 Å². The Morgan fingerprint density at radius 2 is 1.76 bits per heavy atom. The van der Waals surface area contributed by atoms with Crippen LogP contribution in [0.2, 0.25) is 0 Å². The molecule has 168 valence electrons. The maximum atomic E-state index is 12.7. The van der Waals surface area contributed by atoms with Crippen LogP contribution in [-0.4, -0.2) is 26.4 Å². The van der Waals surface area contributed by atoms with Crippen LogP contribution < -0.4 is 14.8 Å². The molecule has 0 atom stereocenters. The summed E-state index contributed by atoms with van der Waals surface area (Å²) in [6.45, 7) is 1.89. The third-order valence-corrected chi connectivity index (χ3v) is 6.13. The number of allylic oxidation sites excluding steroid dienone is 1. The first-order valence-electron chi connectivity index (χ1n) is 10.4. The van der Waals surface area contributed by atoms with Gasteiger partial charge < -0.3 is 19.2 Å². The second kappa shape index (κ2) is 9.88. The molecule has 1 aromatic heterocycles. The highest BCUT2D eigenvalue weighted by Crippen LogP contribution is 2.40. The molecule has 4 rings (SSSR count). The zero-order valence-corrected chi connectivity index (χ0v) is 19.8. The third kappa shape index (κ3) is 4.76. The number of rotatable bonds is 7. The Morgan fingerprint density at radius 3 is 2.52 bits per heavy atom. The molecule has 1 heterocycles. The molecule has 0 fully saturated rings. The molecule has 4 aromatic rings. The first-order chi connectivity index (χ1) is 16.0. The minimum absolute atomic E-state index is 0.204. The van der Waals surface area contributed by atoms with E-state index >= 15 is 0 Å². The number of fused-ring (bicyclic) bond motifs is 1. The molecule has 3 aromatic carbocycles. The molecular formula is C27H25NO4S. The fourth-order valence-electron chi connectivity index (χ4n) is 3.76. The molecule has 0 aliphatic carbocycles. The van der Waals surface area contributed by atoms with Crippen LogP contribution >= 0.6 is 11.8 Å². The summed E-state index contributed by atoms with van der Waals surface area (Å²) in [5, 5.41) is 3.85. The summed E-state index contributed by atoms with van der Waals surface area (Å²) in [6, 6.07) is 19.4. The van der Waals surface area contributed by atoms with Gasteiger partial charge in [0.15, 0.2) is 0 Å². The number of anilines is 1. The Hall–Kier alpha value is -3.64. The van der Waals surface area contributed by atoms with Gasteiger partial charge in [0.25, 0.3) is 0 Å². The summed E-state index contributed by atoms with van der Waals surface area (Å²) in [5.41, 5.74) is 4.89. The average Bonchev–Trinajstić information content (AvgIpc) is 3.25. The molecule has 0 saturated heterocycles. The number of nitrogens with one attached hydrogen (secondary N) is 1. The van der Waals surface area contributed by atoms with Crippen molar-refractivity contribution in [3.05, 3.63) is 78.6 Å². The SMILES string of the molecule is COc1cc2occ(-c3ccccc3OC)c2cc1/C(C)=C/C(=O)Nc1cccc(SC)c1. The van der Waals surface area contributed by atoms with Crippen LogP contribution in [0.5, 0.6) is 11.5 Å². The van der Waals surface area contributed by atoms with Crippen LogP contribution in [0.3, 0.4) is 0 Å². The molecule has 0 radical (unpaired) electrons. The summed E-state index contributed by atoms with van der Waals surface area (Å²) in [5.74, 6) is 1.19. The Kier molecular flexibility index (Phi) is 6.75. The van der Waals surface area contributed by atoms with Crippen molar-refractivity contribution < 1.29 is 18.7 Å². The van der Waals surface area contributed by atoms with Crippen LogP contribution in [0.25, 0.3) is 27.7 Å². The van der Waals surface area contributed by atoms with E-state index in [0.717, 1.165) is 44.0 Å². The maximum Gasteiger partial charge on any atom is 0.248 e. The van der Waals surface area contributed by atoms with Gasteiger partial charge in [0.1, 0.15) is 17.1 Å². The molecule has 0 aliphatic heterocycles. The molecule has 33 heavy (non-hydrogen) atoms. The second-order valence-corrected chi connectivity index (χ2v) is 8.33. The summed E-state index contributed by atoms with van der Waals surface area (Å²) in [6.07, 6.45) is 5.30. The molecule has 0 unspecified atom stereocenters. The number of hydrogen-bond donors (Lipinski definition) is 1. The summed E-state index contributed by atoms with van der Waals surface area (Å²) >= 11 is 1.63. The van der Waals surface area contributed by atoms with Crippen molar-refractivity contribution >= 4 is 39.9 Å². The smallest absolute Gasteiger partial charge is 0.248 e. The van der Waals surface area contributed by atoms with Gasteiger partial charge in [0.2, 0.25) is 5.91 Å². The van der Waals surface area contributed by atoms with Gasteiger partial charge in [-0.05, 0) is 49.1 Å². The lowest BCUT2D eigenvalue weighted by Gasteiger charge is -2.11. The van der Waals surface area contributed by atoms with Gasteiger partial charge in [-0.25, -0.2) is 0 Å². The molecule has 0 spiro atoms. The number of para-hydroxylation sites is 1. The number of carbonyl (C=O) groups is 1. The van der Waals surface area contributed by atoms with Crippen molar-refractivity contribution in [1.82, 2.24) is 0 Å². The number of amides is 1. The zero-order valence-electron chi connectivity index (χ0n) is 19.0. The van der Waals surface area contributed by atoms with Crippen molar-refractivity contribution in [2.45, 2.75) is 11.8 Å². The van der Waals surface area contributed by atoms with E-state index in [2.05, 4.69) is 5.32 Å². The highest BCUT2D eigenvalue weighted by molar-refractivity contribution is 7.98. The molecule has 0 aliphatic rings. The maximum absolute atomic E-state index is 12.7. The lowest BCUT2D eigenvalue weighted by molar-refractivity contribution is -0.111. The Bertz CT molecular complexity index is 1340. The van der Waals surface area contributed by atoms with E-state index in [1.165, 1.54) is 0 Å². The standard InChI is InChI=1S/C27H25NO4S/c1-17(12-27(29)28-18-8-7-9-19(13-18)33-4)21-14-22-23(16-32-26(22)15-25(21)31-3)20-10-5-6-11-24(20)30-2/h5-16H,1-4H3,(H,28,29)/b17-12+. The zero-order chi connectivity index (χ0) is 23.4. The highest BCUT2D eigenvalue weighted by atomic mass is 32.2. The predicted molar refractivity (Wildman–Crippen MR) is 135 cm³/mol. The van der Waals surface area contributed by atoms with Crippen molar-refractivity contribution in [3.8, 4) is 22.6 Å². The largest absolute Gasteiger partial charge is 0.496 e. The van der Waals surface area contributed by atoms with Crippen LogP contribution in [0.4, 0.5) is 5.69 Å². The monoisotopic (exact) mass is 459 g/mol. The summed E-state index contributed by atoms with van der Waals surface area (Å²) in [4.78, 5) is 13.8. The van der Waals surface area contributed by atoms with Gasteiger partial charge in [-0.2, -0.15) is 0 Å². The topological polar surface area (TPSA) is 60.7 Å². The highest BCUT2D eigenvalue weighted by Gasteiger charge is 2.17. The van der Waals surface area contributed by atoms with E-state index in [9.17, 15) is 4.79 Å². The third-order valence-electron chi connectivity index (χ3n) is 5.40. The number of hydrogen-bond acceptors (Lipinski definition) is 5. The van der Waals surface area contributed by atoms with E-state index in [4.69, 9.17) is 13.9 Å². The Morgan fingerprint density at radius 1 is 0.970 bits per heavy atom. The fraction of sp³-hybridized carbons (Fsp3) is 0.148. The molecule has 0 saturated carbocycles. The quantitative estimate of drug-likeness (QED) is 0.241. The number of carbonyl (C=O) groups excluding carboxylic acids is 1. The molecular weight excluding hydrogens is 434 g/mol. The van der Waals surface area contributed by atoms with Crippen LogP contribution in [0, 0.1) is 0 Å². The number of methoxy groups -OCH3 is 2. The lowest BCUT2D eigenvalue weighted by atomic mass is 9.98. The van der Waals surface area contributed by atoms with Crippen molar-refractivity contribution in [2.75, 3.05) is 25.8 Å². The van der Waals surface area contributed by atoms with Gasteiger partial charge in [-0.1, -0.05) is 24.3 Å². The van der Waals surface area contributed by atoms with E-state index in [0.29, 0.717) is 11.3 Å². The number of furan rings is 1. The van der Waals surface area contributed by atoms with Crippen molar-refractivity contribution in [3.63, 3.8) is 0 Å². The van der Waals surface area contributed by atoms with Gasteiger partial charge in [-0.3, -0.25) is 4.79 Å². The van der Waals surface area contributed by atoms with Gasteiger partial charge in [0, 0.05) is 44.8 Å². The molecule has 1 N–H and O–H groups in total. The summed E-state index contributed by atoms with van der Waals surface area (Å²) in [7, 11) is 3.26. The second-order valence-electron chi connectivity index (χ2n) is 7.45. The van der Waals surface area contributed by atoms with Crippen LogP contribution in [0.15, 0.2) is 82.3 Å². The normalized spacial score (nSPS) is 11.5. The fourth-order valence-corrected chi connectivity index (χ4v) is 4.22. The van der Waals surface area contributed by atoms with E-state index < -0.39 is 0 Å². The van der Waals surface area contributed by atoms with Gasteiger partial charge >= 0.3 is 0 Å². The molecule has 5 nitrogen and oxygen atoms in total. The Labute approximate surface area is 197 Å². The first-order valence-corrected chi connectivity index (χ1v) is 11.6. The predicted octanol–water partition coefficient (Wildman–Crippen LogP) is 6.88. The number of thioether (sulfide) groups is 1. The van der Waals surface area contributed by atoms with Gasteiger partial charge in [-0.15, -0.1) is 11.8 Å². The minimum Gasteiger partial charge on any atom is -0.496 e. The van der Waals surface area contributed by atoms with Gasteiger partial charge in [0.05, 0.1) is 20.5 Å². The van der Waals surface area contributed by atoms with Crippen LogP contribution in [0.1, 0.15) is 12.5 Å². The lowest BCUT2D eigenvalue weighted by Crippen LogP contribution is -2.08.